The fraction of sp³-hybridized carbons (Fsp3) is 0.480. The molecule has 0 spiro atoms. The van der Waals surface area contributed by atoms with Crippen molar-refractivity contribution in [3.8, 4) is 0 Å². The van der Waals surface area contributed by atoms with Crippen molar-refractivity contribution in [1.29, 1.82) is 0 Å². The molecular weight excluding hydrogens is 422 g/mol. The zero-order valence-corrected chi connectivity index (χ0v) is 20.6. The van der Waals surface area contributed by atoms with Crippen LogP contribution in [0.15, 0.2) is 36.4 Å². The number of carbonyl (C=O) groups is 1. The highest BCUT2D eigenvalue weighted by atomic mass is 32.2. The Kier molecular flexibility index (Phi) is 7.62. The first kappa shape index (κ1) is 24.3. The number of hydrogen-bond donors (Lipinski definition) is 1. The van der Waals surface area contributed by atoms with E-state index in [1.807, 2.05) is 39.0 Å². The van der Waals surface area contributed by atoms with Crippen LogP contribution in [-0.2, 0) is 27.8 Å². The number of fused-ring (bicyclic) bond motifs is 1. The van der Waals surface area contributed by atoms with E-state index in [2.05, 4.69) is 23.5 Å². The molecule has 0 radical (unpaired) electrons. The third-order valence-corrected chi connectivity index (χ3v) is 7.98. The van der Waals surface area contributed by atoms with Gasteiger partial charge in [0.05, 0.1) is 11.7 Å². The highest BCUT2D eigenvalue weighted by molar-refractivity contribution is 7.90. The Hall–Kier alpha value is -2.38. The van der Waals surface area contributed by atoms with Crippen LogP contribution in [0, 0.1) is 13.8 Å². The number of anilines is 1. The molecule has 2 aromatic rings. The molecular formula is C25H35N3O3S. The average molecular weight is 458 g/mol. The Morgan fingerprint density at radius 1 is 1.03 bits per heavy atom. The van der Waals surface area contributed by atoms with Crippen LogP contribution in [0.1, 0.15) is 60.0 Å². The smallest absolute Gasteiger partial charge is 0.304 e. The number of rotatable bonds is 8. The standard InChI is InChI=1S/C25H35N3O3S/c1-6-23(22-14-13-20-9-7-8-10-21(20)16-22)26-25(29)17-28(32(30,31)27(4)5)24-15-18(2)11-12-19(24)3/h11-16,23H,6-10,17H2,1-5H3,(H,26,29)/t23-/m1/s1. The van der Waals surface area contributed by atoms with E-state index in [-0.39, 0.29) is 18.5 Å². The Morgan fingerprint density at radius 2 is 1.72 bits per heavy atom. The van der Waals surface area contributed by atoms with Crippen molar-refractivity contribution in [1.82, 2.24) is 9.62 Å². The van der Waals surface area contributed by atoms with Gasteiger partial charge in [0, 0.05) is 14.1 Å². The lowest BCUT2D eigenvalue weighted by Crippen LogP contribution is -2.46. The molecule has 0 heterocycles. The normalized spacial score (nSPS) is 14.7. The van der Waals surface area contributed by atoms with E-state index in [9.17, 15) is 13.2 Å². The zero-order valence-electron chi connectivity index (χ0n) is 19.8. The van der Waals surface area contributed by atoms with Gasteiger partial charge in [-0.1, -0.05) is 37.3 Å². The van der Waals surface area contributed by atoms with Crippen LogP contribution < -0.4 is 9.62 Å². The van der Waals surface area contributed by atoms with E-state index in [1.165, 1.54) is 42.4 Å². The van der Waals surface area contributed by atoms with Gasteiger partial charge in [0.2, 0.25) is 5.91 Å². The van der Waals surface area contributed by atoms with Crippen LogP contribution in [0.4, 0.5) is 5.69 Å². The molecule has 1 aliphatic rings. The van der Waals surface area contributed by atoms with Crippen molar-refractivity contribution in [3.05, 3.63) is 64.2 Å². The minimum absolute atomic E-state index is 0.155. The number of aryl methyl sites for hydroxylation is 4. The number of amides is 1. The third-order valence-electron chi connectivity index (χ3n) is 6.18. The fourth-order valence-corrected chi connectivity index (χ4v) is 5.36. The molecule has 1 N–H and O–H groups in total. The van der Waals surface area contributed by atoms with Crippen LogP contribution in [0.2, 0.25) is 0 Å². The molecule has 0 aliphatic heterocycles. The summed E-state index contributed by atoms with van der Waals surface area (Å²) in [4.78, 5) is 13.1. The van der Waals surface area contributed by atoms with E-state index in [4.69, 9.17) is 0 Å². The summed E-state index contributed by atoms with van der Waals surface area (Å²) in [6, 6.07) is 11.9. The number of benzene rings is 2. The molecule has 3 rings (SSSR count). The van der Waals surface area contributed by atoms with Crippen LogP contribution >= 0.6 is 0 Å². The highest BCUT2D eigenvalue weighted by Gasteiger charge is 2.29. The minimum atomic E-state index is -3.84. The second-order valence-electron chi connectivity index (χ2n) is 8.85. The number of carbonyl (C=O) groups excluding carboxylic acids is 1. The van der Waals surface area contributed by atoms with Gasteiger partial charge in [0.1, 0.15) is 6.54 Å². The minimum Gasteiger partial charge on any atom is -0.348 e. The Labute approximate surface area is 192 Å². The zero-order chi connectivity index (χ0) is 23.5. The average Bonchev–Trinajstić information content (AvgIpc) is 2.77. The Bertz CT molecular complexity index is 1080. The monoisotopic (exact) mass is 457 g/mol. The summed E-state index contributed by atoms with van der Waals surface area (Å²) in [5.74, 6) is -0.319. The van der Waals surface area contributed by atoms with E-state index in [0.717, 1.165) is 40.3 Å². The van der Waals surface area contributed by atoms with Gasteiger partial charge in [-0.3, -0.25) is 4.79 Å². The molecule has 1 aliphatic carbocycles. The van der Waals surface area contributed by atoms with Crippen LogP contribution in [0.25, 0.3) is 0 Å². The molecule has 1 atom stereocenters. The summed E-state index contributed by atoms with van der Waals surface area (Å²) in [6.45, 7) is 5.52. The maximum absolute atomic E-state index is 13.1. The van der Waals surface area contributed by atoms with Crippen molar-refractivity contribution in [2.24, 2.45) is 0 Å². The third kappa shape index (κ3) is 5.33. The maximum Gasteiger partial charge on any atom is 0.304 e. The first-order valence-electron chi connectivity index (χ1n) is 11.3. The van der Waals surface area contributed by atoms with Crippen molar-refractivity contribution in [2.75, 3.05) is 24.9 Å². The van der Waals surface area contributed by atoms with Gasteiger partial charge >= 0.3 is 10.2 Å². The van der Waals surface area contributed by atoms with Crippen molar-refractivity contribution in [3.63, 3.8) is 0 Å². The molecule has 6 nitrogen and oxygen atoms in total. The molecule has 2 aromatic carbocycles. The summed E-state index contributed by atoms with van der Waals surface area (Å²) < 4.78 is 28.5. The number of nitrogens with one attached hydrogen (secondary N) is 1. The molecule has 1 amide bonds. The van der Waals surface area contributed by atoms with Gasteiger partial charge in [0.15, 0.2) is 0 Å². The molecule has 0 aromatic heterocycles. The Balaban J connectivity index is 1.85. The van der Waals surface area contributed by atoms with Gasteiger partial charge in [-0.15, -0.1) is 0 Å². The first-order valence-corrected chi connectivity index (χ1v) is 12.7. The van der Waals surface area contributed by atoms with Gasteiger partial charge in [-0.05, 0) is 79.8 Å². The van der Waals surface area contributed by atoms with E-state index < -0.39 is 10.2 Å². The second-order valence-corrected chi connectivity index (χ2v) is 10.9. The Morgan fingerprint density at radius 3 is 2.38 bits per heavy atom. The highest BCUT2D eigenvalue weighted by Crippen LogP contribution is 2.27. The van der Waals surface area contributed by atoms with Gasteiger partial charge in [-0.2, -0.15) is 12.7 Å². The van der Waals surface area contributed by atoms with E-state index in [1.54, 1.807) is 0 Å². The maximum atomic E-state index is 13.1. The van der Waals surface area contributed by atoms with Crippen molar-refractivity contribution >= 4 is 21.8 Å². The molecule has 174 valence electrons. The first-order chi connectivity index (χ1) is 15.1. The molecule has 32 heavy (non-hydrogen) atoms. The lowest BCUT2D eigenvalue weighted by atomic mass is 9.89. The largest absolute Gasteiger partial charge is 0.348 e. The molecule has 0 saturated heterocycles. The summed E-state index contributed by atoms with van der Waals surface area (Å²) in [6.07, 6.45) is 5.36. The second kappa shape index (κ2) is 10.0. The van der Waals surface area contributed by atoms with E-state index >= 15 is 0 Å². The summed E-state index contributed by atoms with van der Waals surface area (Å²) in [5.41, 5.74) is 6.11. The molecule has 7 heteroatoms. The van der Waals surface area contributed by atoms with Crippen molar-refractivity contribution in [2.45, 2.75) is 58.9 Å². The SMILES string of the molecule is CC[C@@H](NC(=O)CN(c1cc(C)ccc1C)S(=O)(=O)N(C)C)c1ccc2c(c1)CCCC2. The lowest BCUT2D eigenvalue weighted by Gasteiger charge is -2.29. The summed E-state index contributed by atoms with van der Waals surface area (Å²) in [5, 5.41) is 3.07. The van der Waals surface area contributed by atoms with E-state index in [0.29, 0.717) is 5.69 Å². The van der Waals surface area contributed by atoms with Crippen LogP contribution in [0.5, 0.6) is 0 Å². The van der Waals surface area contributed by atoms with Gasteiger partial charge in [-0.25, -0.2) is 4.31 Å². The topological polar surface area (TPSA) is 69.7 Å². The summed E-state index contributed by atoms with van der Waals surface area (Å²) in [7, 11) is -0.881. The predicted molar refractivity (Wildman–Crippen MR) is 130 cm³/mol. The number of hydrogen-bond acceptors (Lipinski definition) is 3. The molecule has 0 bridgehead atoms. The van der Waals surface area contributed by atoms with Crippen LogP contribution in [-0.4, -0.2) is 39.3 Å². The van der Waals surface area contributed by atoms with Gasteiger partial charge < -0.3 is 5.32 Å². The lowest BCUT2D eigenvalue weighted by molar-refractivity contribution is -0.120. The summed E-state index contributed by atoms with van der Waals surface area (Å²) >= 11 is 0. The van der Waals surface area contributed by atoms with Crippen LogP contribution in [0.3, 0.4) is 0 Å². The number of nitrogens with zero attached hydrogens (tertiary/aromatic N) is 2. The van der Waals surface area contributed by atoms with Gasteiger partial charge in [0.25, 0.3) is 0 Å². The fourth-order valence-electron chi connectivity index (χ4n) is 4.24. The molecule has 0 unspecified atom stereocenters. The molecule has 0 saturated carbocycles. The quantitative estimate of drug-likeness (QED) is 0.650. The molecule has 0 fully saturated rings. The van der Waals surface area contributed by atoms with Crippen molar-refractivity contribution < 1.29 is 13.2 Å². The predicted octanol–water partition coefficient (Wildman–Crippen LogP) is 4.06.